The maximum absolute atomic E-state index is 13.2. The second-order valence-corrected chi connectivity index (χ2v) is 16.2. The molecule has 22 nitrogen and oxygen atoms in total. The van der Waals surface area contributed by atoms with Gasteiger partial charge in [-0.1, -0.05) is 19.3 Å². The van der Waals surface area contributed by atoms with Crippen molar-refractivity contribution in [3.05, 3.63) is 0 Å². The smallest absolute Gasteiger partial charge is 0.242 e. The van der Waals surface area contributed by atoms with E-state index in [0.717, 1.165) is 6.42 Å². The van der Waals surface area contributed by atoms with E-state index in [1.165, 1.54) is 13.8 Å². The van der Waals surface area contributed by atoms with Crippen molar-refractivity contribution in [1.29, 1.82) is 0 Å². The fraction of sp³-hybridized carbons (Fsp3) is 0.857. The van der Waals surface area contributed by atoms with Crippen LogP contribution >= 0.6 is 0 Å². The molecule has 0 aromatic carbocycles. The van der Waals surface area contributed by atoms with E-state index >= 15 is 0 Å². The quantitative estimate of drug-likeness (QED) is 0.0313. The molecule has 0 aliphatic carbocycles. The van der Waals surface area contributed by atoms with Crippen LogP contribution in [0.2, 0.25) is 0 Å². The van der Waals surface area contributed by atoms with Gasteiger partial charge < -0.3 is 81.5 Å². The highest BCUT2D eigenvalue weighted by Gasteiger charge is 2.46. The van der Waals surface area contributed by atoms with Crippen molar-refractivity contribution in [3.63, 3.8) is 0 Å². The van der Waals surface area contributed by atoms with Gasteiger partial charge in [0.1, 0.15) is 54.7 Å². The minimum atomic E-state index is -1.42. The Balaban J connectivity index is 1.75. The van der Waals surface area contributed by atoms with Crippen molar-refractivity contribution in [2.45, 2.75) is 184 Å². The second kappa shape index (κ2) is 32.2. The van der Waals surface area contributed by atoms with Gasteiger partial charge in [-0.05, 0) is 64.7 Å². The highest BCUT2D eigenvalue weighted by molar-refractivity contribution is 5.87. The molecule has 0 radical (unpaired) electrons. The predicted molar refractivity (Wildman–Crippen MR) is 229 cm³/mol. The van der Waals surface area contributed by atoms with E-state index in [2.05, 4.69) is 31.9 Å². The molecular formula is C42H76N6O16. The molecule has 0 aromatic rings. The highest BCUT2D eigenvalue weighted by Crippen LogP contribution is 2.24. The van der Waals surface area contributed by atoms with E-state index in [0.29, 0.717) is 96.7 Å². The number of ether oxygens (including phenoxy) is 4. The number of amides is 6. The predicted octanol–water partition coefficient (Wildman–Crippen LogP) is -2.39. The lowest BCUT2D eigenvalue weighted by molar-refractivity contribution is -0.270. The number of nitrogens with one attached hydrogen (secondary N) is 6. The zero-order valence-corrected chi connectivity index (χ0v) is 37.7. The summed E-state index contributed by atoms with van der Waals surface area (Å²) in [6, 6.07) is -2.87. The average Bonchev–Trinajstić information content (AvgIpc) is 3.25. The molecule has 2 aliphatic rings. The molecular weight excluding hydrogens is 844 g/mol. The molecule has 2 saturated heterocycles. The zero-order valence-electron chi connectivity index (χ0n) is 37.7. The molecule has 0 aromatic heterocycles. The number of unbranched alkanes of at least 4 members (excludes halogenated alkanes) is 7. The molecule has 2 rings (SSSR count). The molecule has 0 spiro atoms. The van der Waals surface area contributed by atoms with Crippen LogP contribution < -0.4 is 31.9 Å². The Morgan fingerprint density at radius 3 is 1.45 bits per heavy atom. The van der Waals surface area contributed by atoms with Gasteiger partial charge in [-0.25, -0.2) is 0 Å². The Morgan fingerprint density at radius 1 is 0.547 bits per heavy atom. The van der Waals surface area contributed by atoms with E-state index in [4.69, 9.17) is 18.9 Å². The van der Waals surface area contributed by atoms with E-state index in [9.17, 15) is 59.4 Å². The van der Waals surface area contributed by atoms with Crippen LogP contribution in [0.3, 0.4) is 0 Å². The number of hydrogen-bond donors (Lipinski definition) is 12. The first-order valence-electron chi connectivity index (χ1n) is 22.8. The first-order chi connectivity index (χ1) is 30.6. The van der Waals surface area contributed by atoms with E-state index in [1.807, 2.05) is 6.92 Å². The van der Waals surface area contributed by atoms with Gasteiger partial charge >= 0.3 is 0 Å². The van der Waals surface area contributed by atoms with E-state index in [1.54, 1.807) is 0 Å². The lowest BCUT2D eigenvalue weighted by Gasteiger charge is -2.42. The summed E-state index contributed by atoms with van der Waals surface area (Å²) in [4.78, 5) is 73.6. The van der Waals surface area contributed by atoms with Gasteiger partial charge in [-0.3, -0.25) is 28.8 Å². The maximum atomic E-state index is 13.2. The van der Waals surface area contributed by atoms with Gasteiger partial charge in [0.2, 0.25) is 35.4 Å². The molecule has 11 atom stereocenters. The van der Waals surface area contributed by atoms with Crippen molar-refractivity contribution >= 4 is 35.4 Å². The summed E-state index contributed by atoms with van der Waals surface area (Å²) in [6.07, 6.45) is -2.36. The summed E-state index contributed by atoms with van der Waals surface area (Å²) in [6.45, 7) is 4.91. The average molecular weight is 921 g/mol. The molecule has 2 heterocycles. The summed E-state index contributed by atoms with van der Waals surface area (Å²) in [5.74, 6) is -1.70. The van der Waals surface area contributed by atoms with Crippen LogP contribution in [-0.2, 0) is 47.7 Å². The van der Waals surface area contributed by atoms with Crippen molar-refractivity contribution in [3.8, 4) is 0 Å². The standard InChI is InChI=1S/C42H76N6O16/c1-4-43-31(53)17-8-5-12-21-45-40(60)28(48-33(55)19-10-7-15-23-62-42-35(47-27(3)52)39(59)37(57)30(25-50)64-42)16-11-13-20-44-32(54)18-9-6-14-22-61-41-34(46-26(2)51)38(58)36(56)29(24-49)63-41/h28-30,34-39,41-42,49-50,56-59H,4-25H2,1-3H3,(H,43,53)(H,44,54)(H,45,60)(H,46,51)(H,47,52)(H,48,55)/t28-,29?,30?,34?,35?,36?,37?,38?,39?,41?,42?/m0/s1. The molecule has 2 fully saturated rings. The first kappa shape index (κ1) is 56.5. The molecule has 12 N–H and O–H groups in total. The Hall–Kier alpha value is -3.58. The van der Waals surface area contributed by atoms with Gasteiger partial charge in [-0.2, -0.15) is 0 Å². The third-order valence-corrected chi connectivity index (χ3v) is 10.8. The third kappa shape index (κ3) is 21.6. The number of carbonyl (C=O) groups excluding carboxylic acids is 6. The van der Waals surface area contributed by atoms with Gasteiger partial charge in [0.25, 0.3) is 0 Å². The zero-order chi connectivity index (χ0) is 47.4. The Labute approximate surface area is 375 Å². The highest BCUT2D eigenvalue weighted by atomic mass is 16.7. The number of rotatable bonds is 32. The Kier molecular flexibility index (Phi) is 28.4. The van der Waals surface area contributed by atoms with Crippen LogP contribution in [-0.4, -0.2) is 179 Å². The maximum Gasteiger partial charge on any atom is 0.242 e. The number of carbonyl (C=O) groups is 6. The Bertz CT molecular complexity index is 1400. The SMILES string of the molecule is CCNC(=O)CCCCCNC(=O)[C@H](CCCCNC(=O)CCCCCOC1OC(CO)C(O)C(O)C1NC(C)=O)NC(=O)CCCCCOC1OC(CO)C(O)C(O)C1NC(C)=O. The van der Waals surface area contributed by atoms with Crippen LogP contribution in [0.15, 0.2) is 0 Å². The molecule has 0 bridgehead atoms. The van der Waals surface area contributed by atoms with Gasteiger partial charge in [0, 0.05) is 66.0 Å². The fourth-order valence-electron chi connectivity index (χ4n) is 7.29. The second-order valence-electron chi connectivity index (χ2n) is 16.2. The molecule has 6 amide bonds. The molecule has 2 aliphatic heterocycles. The summed E-state index contributed by atoms with van der Waals surface area (Å²) < 4.78 is 22.6. The van der Waals surface area contributed by atoms with Gasteiger partial charge in [-0.15, -0.1) is 0 Å². The van der Waals surface area contributed by atoms with Gasteiger partial charge in [0.05, 0.1) is 13.2 Å². The summed E-state index contributed by atoms with van der Waals surface area (Å²) in [7, 11) is 0. The van der Waals surface area contributed by atoms with Crippen molar-refractivity contribution in [2.24, 2.45) is 0 Å². The van der Waals surface area contributed by atoms with Crippen molar-refractivity contribution in [2.75, 3.05) is 46.1 Å². The molecule has 370 valence electrons. The molecule has 10 unspecified atom stereocenters. The minimum Gasteiger partial charge on any atom is -0.394 e. The van der Waals surface area contributed by atoms with Gasteiger partial charge in [0.15, 0.2) is 12.6 Å². The van der Waals surface area contributed by atoms with Crippen LogP contribution in [0, 0.1) is 0 Å². The first-order valence-corrected chi connectivity index (χ1v) is 22.8. The van der Waals surface area contributed by atoms with E-state index in [-0.39, 0.29) is 49.7 Å². The summed E-state index contributed by atoms with van der Waals surface area (Å²) in [5.41, 5.74) is 0. The van der Waals surface area contributed by atoms with Crippen LogP contribution in [0.5, 0.6) is 0 Å². The molecule has 22 heteroatoms. The van der Waals surface area contributed by atoms with Crippen LogP contribution in [0.25, 0.3) is 0 Å². The number of aliphatic hydroxyl groups excluding tert-OH is 6. The number of hydrogen-bond acceptors (Lipinski definition) is 16. The lowest BCUT2D eigenvalue weighted by atomic mass is 9.97. The molecule has 64 heavy (non-hydrogen) atoms. The monoisotopic (exact) mass is 921 g/mol. The lowest BCUT2D eigenvalue weighted by Crippen LogP contribution is -2.64. The topological polar surface area (TPSA) is 333 Å². The Morgan fingerprint density at radius 2 is 0.984 bits per heavy atom. The van der Waals surface area contributed by atoms with E-state index < -0.39 is 92.4 Å². The molecule has 0 saturated carbocycles. The normalized spacial score (nSPS) is 26.0. The third-order valence-electron chi connectivity index (χ3n) is 10.8. The summed E-state index contributed by atoms with van der Waals surface area (Å²) >= 11 is 0. The van der Waals surface area contributed by atoms with Crippen LogP contribution in [0.4, 0.5) is 0 Å². The van der Waals surface area contributed by atoms with Crippen LogP contribution in [0.1, 0.15) is 117 Å². The summed E-state index contributed by atoms with van der Waals surface area (Å²) in [5, 5.41) is 76.5. The minimum absolute atomic E-state index is 0.0145. The fourth-order valence-corrected chi connectivity index (χ4v) is 7.29. The number of aliphatic hydroxyl groups is 6. The largest absolute Gasteiger partial charge is 0.394 e. The van der Waals surface area contributed by atoms with Crippen molar-refractivity contribution < 1.29 is 78.4 Å². The van der Waals surface area contributed by atoms with Crippen molar-refractivity contribution in [1.82, 2.24) is 31.9 Å².